The van der Waals surface area contributed by atoms with Crippen LogP contribution in [0.25, 0.3) is 0 Å². The van der Waals surface area contributed by atoms with E-state index in [9.17, 15) is 0 Å². The summed E-state index contributed by atoms with van der Waals surface area (Å²) in [6.45, 7) is 0. The lowest BCUT2D eigenvalue weighted by Gasteiger charge is -2.18. The standard InChI is InChI=1S/C13H15ClS2/c14-12-8-15-6-10(12)5-9-7-16-13-4-2-1-3-11(9)13/h1-4,9-10,12H,5-8H2. The van der Waals surface area contributed by atoms with E-state index in [1.165, 1.54) is 22.8 Å². The number of alkyl halides is 1. The molecule has 1 fully saturated rings. The van der Waals surface area contributed by atoms with Gasteiger partial charge in [-0.15, -0.1) is 23.4 Å². The molecule has 3 heteroatoms. The minimum absolute atomic E-state index is 0.405. The Hall–Kier alpha value is 0.210. The van der Waals surface area contributed by atoms with Crippen molar-refractivity contribution in [3.8, 4) is 0 Å². The SMILES string of the molecule is ClC1CSCC1CC1CSc2ccccc21. The van der Waals surface area contributed by atoms with E-state index in [1.54, 1.807) is 5.56 Å². The second-order valence-electron chi connectivity index (χ2n) is 4.59. The van der Waals surface area contributed by atoms with E-state index < -0.39 is 0 Å². The van der Waals surface area contributed by atoms with Gasteiger partial charge in [0.2, 0.25) is 0 Å². The molecule has 0 nitrogen and oxygen atoms in total. The number of rotatable bonds is 2. The van der Waals surface area contributed by atoms with Crippen LogP contribution in [0.4, 0.5) is 0 Å². The zero-order chi connectivity index (χ0) is 11.0. The fourth-order valence-electron chi connectivity index (χ4n) is 2.58. The summed E-state index contributed by atoms with van der Waals surface area (Å²) in [5.74, 6) is 5.13. The third-order valence-corrected chi connectivity index (χ3v) is 6.71. The van der Waals surface area contributed by atoms with Crippen LogP contribution in [0.15, 0.2) is 29.2 Å². The molecule has 1 aromatic rings. The van der Waals surface area contributed by atoms with E-state index in [0.717, 1.165) is 17.6 Å². The zero-order valence-electron chi connectivity index (χ0n) is 9.06. The van der Waals surface area contributed by atoms with Gasteiger partial charge in [-0.2, -0.15) is 11.8 Å². The van der Waals surface area contributed by atoms with Gasteiger partial charge in [0.1, 0.15) is 0 Å². The average molecular weight is 271 g/mol. The summed E-state index contributed by atoms with van der Waals surface area (Å²) < 4.78 is 0. The Morgan fingerprint density at radius 1 is 1.19 bits per heavy atom. The van der Waals surface area contributed by atoms with Crippen molar-refractivity contribution in [3.05, 3.63) is 29.8 Å². The van der Waals surface area contributed by atoms with Crippen molar-refractivity contribution in [1.82, 2.24) is 0 Å². The Bertz CT molecular complexity index is 380. The van der Waals surface area contributed by atoms with Gasteiger partial charge in [-0.25, -0.2) is 0 Å². The van der Waals surface area contributed by atoms with E-state index >= 15 is 0 Å². The Morgan fingerprint density at radius 3 is 2.88 bits per heavy atom. The first kappa shape index (κ1) is 11.3. The molecule has 0 aromatic heterocycles. The van der Waals surface area contributed by atoms with E-state index in [1.807, 2.05) is 23.5 Å². The van der Waals surface area contributed by atoms with E-state index in [4.69, 9.17) is 11.6 Å². The predicted molar refractivity (Wildman–Crippen MR) is 75.0 cm³/mol. The highest BCUT2D eigenvalue weighted by atomic mass is 35.5. The van der Waals surface area contributed by atoms with Crippen LogP contribution in [0.5, 0.6) is 0 Å². The van der Waals surface area contributed by atoms with Crippen LogP contribution < -0.4 is 0 Å². The molecule has 3 unspecified atom stereocenters. The molecule has 2 aliphatic rings. The van der Waals surface area contributed by atoms with Crippen LogP contribution in [-0.4, -0.2) is 22.6 Å². The van der Waals surface area contributed by atoms with Gasteiger partial charge in [0, 0.05) is 21.8 Å². The molecule has 0 aliphatic carbocycles. The van der Waals surface area contributed by atoms with Gasteiger partial charge in [-0.05, 0) is 35.6 Å². The van der Waals surface area contributed by atoms with Crippen molar-refractivity contribution >= 4 is 35.1 Å². The number of fused-ring (bicyclic) bond motifs is 1. The predicted octanol–water partition coefficient (Wildman–Crippen LogP) is 4.24. The largest absolute Gasteiger partial charge is 0.160 e. The average Bonchev–Trinajstić information content (AvgIpc) is 2.88. The van der Waals surface area contributed by atoms with Crippen molar-refractivity contribution in [3.63, 3.8) is 0 Å². The normalized spacial score (nSPS) is 32.9. The van der Waals surface area contributed by atoms with Crippen LogP contribution in [0, 0.1) is 5.92 Å². The highest BCUT2D eigenvalue weighted by Crippen LogP contribution is 2.44. The molecular formula is C13H15ClS2. The number of halogens is 1. The van der Waals surface area contributed by atoms with E-state index in [-0.39, 0.29) is 0 Å². The summed E-state index contributed by atoms with van der Waals surface area (Å²) in [4.78, 5) is 1.49. The van der Waals surface area contributed by atoms with Gasteiger partial charge in [-0.3, -0.25) is 0 Å². The number of hydrogen-bond acceptors (Lipinski definition) is 2. The second kappa shape index (κ2) is 4.83. The van der Waals surface area contributed by atoms with Crippen molar-refractivity contribution in [2.75, 3.05) is 17.3 Å². The third-order valence-electron chi connectivity index (χ3n) is 3.51. The topological polar surface area (TPSA) is 0 Å². The van der Waals surface area contributed by atoms with Gasteiger partial charge in [-0.1, -0.05) is 18.2 Å². The minimum atomic E-state index is 0.405. The molecule has 3 rings (SSSR count). The molecule has 0 N–H and O–H groups in total. The molecule has 0 spiro atoms. The molecule has 2 heterocycles. The Labute approximate surface area is 111 Å². The van der Waals surface area contributed by atoms with Crippen molar-refractivity contribution in [2.45, 2.75) is 22.6 Å². The molecule has 3 atom stereocenters. The molecule has 0 bridgehead atoms. The highest BCUT2D eigenvalue weighted by molar-refractivity contribution is 7.99. The number of benzene rings is 1. The highest BCUT2D eigenvalue weighted by Gasteiger charge is 2.31. The lowest BCUT2D eigenvalue weighted by molar-refractivity contribution is 0.504. The molecule has 0 radical (unpaired) electrons. The van der Waals surface area contributed by atoms with Crippen molar-refractivity contribution in [1.29, 1.82) is 0 Å². The second-order valence-corrected chi connectivity index (χ2v) is 7.29. The Balaban J connectivity index is 1.73. The summed E-state index contributed by atoms with van der Waals surface area (Å²) in [6.07, 6.45) is 1.28. The minimum Gasteiger partial charge on any atom is -0.160 e. The third kappa shape index (κ3) is 2.12. The molecular weight excluding hydrogens is 256 g/mol. The van der Waals surface area contributed by atoms with E-state index in [2.05, 4.69) is 24.3 Å². The first-order chi connectivity index (χ1) is 7.84. The monoisotopic (exact) mass is 270 g/mol. The molecule has 86 valence electrons. The molecule has 0 saturated carbocycles. The van der Waals surface area contributed by atoms with Crippen LogP contribution in [0.3, 0.4) is 0 Å². The fraction of sp³-hybridized carbons (Fsp3) is 0.538. The first-order valence-corrected chi connectivity index (χ1v) is 8.36. The first-order valence-electron chi connectivity index (χ1n) is 5.78. The zero-order valence-corrected chi connectivity index (χ0v) is 11.5. The van der Waals surface area contributed by atoms with E-state index in [0.29, 0.717) is 5.38 Å². The fourth-order valence-corrected chi connectivity index (χ4v) is 5.72. The van der Waals surface area contributed by atoms with Crippen LogP contribution >= 0.6 is 35.1 Å². The maximum absolute atomic E-state index is 6.36. The smallest absolute Gasteiger partial charge is 0.0462 e. The molecule has 0 amide bonds. The molecule has 1 aromatic carbocycles. The maximum atomic E-state index is 6.36. The molecule has 2 aliphatic heterocycles. The number of hydrogen-bond donors (Lipinski definition) is 0. The van der Waals surface area contributed by atoms with Gasteiger partial charge in [0.25, 0.3) is 0 Å². The molecule has 1 saturated heterocycles. The number of thioether (sulfide) groups is 2. The lowest BCUT2D eigenvalue weighted by atomic mass is 9.90. The summed E-state index contributed by atoms with van der Waals surface area (Å²) in [5.41, 5.74) is 1.56. The van der Waals surface area contributed by atoms with Gasteiger partial charge >= 0.3 is 0 Å². The van der Waals surface area contributed by atoms with Crippen molar-refractivity contribution < 1.29 is 0 Å². The van der Waals surface area contributed by atoms with Crippen LogP contribution in [0.1, 0.15) is 17.9 Å². The van der Waals surface area contributed by atoms with Crippen molar-refractivity contribution in [2.24, 2.45) is 5.92 Å². The quantitative estimate of drug-likeness (QED) is 0.738. The van der Waals surface area contributed by atoms with Gasteiger partial charge in [0.05, 0.1) is 0 Å². The summed E-state index contributed by atoms with van der Waals surface area (Å²) in [6, 6.07) is 8.86. The summed E-state index contributed by atoms with van der Waals surface area (Å²) >= 11 is 10.4. The van der Waals surface area contributed by atoms with Gasteiger partial charge < -0.3 is 0 Å². The maximum Gasteiger partial charge on any atom is 0.0462 e. The van der Waals surface area contributed by atoms with Crippen LogP contribution in [0.2, 0.25) is 0 Å². The molecule has 16 heavy (non-hydrogen) atoms. The summed E-state index contributed by atoms with van der Waals surface area (Å²) in [7, 11) is 0. The Morgan fingerprint density at radius 2 is 2.06 bits per heavy atom. The lowest BCUT2D eigenvalue weighted by Crippen LogP contribution is -2.15. The van der Waals surface area contributed by atoms with Crippen LogP contribution in [-0.2, 0) is 0 Å². The summed E-state index contributed by atoms with van der Waals surface area (Å²) in [5, 5.41) is 0.405. The van der Waals surface area contributed by atoms with Gasteiger partial charge in [0.15, 0.2) is 0 Å². The Kier molecular flexibility index (Phi) is 3.42.